The van der Waals surface area contributed by atoms with Crippen LogP contribution in [0, 0.1) is 6.92 Å². The molecule has 1 atom stereocenters. The Bertz CT molecular complexity index is 905. The number of aryl methyl sites for hydroxylation is 1. The minimum atomic E-state index is -0.0744. The predicted octanol–water partition coefficient (Wildman–Crippen LogP) is 3.54. The lowest BCUT2D eigenvalue weighted by atomic mass is 10.00. The molecule has 6 heteroatoms. The van der Waals surface area contributed by atoms with Gasteiger partial charge >= 0.3 is 0 Å². The van der Waals surface area contributed by atoms with Crippen molar-refractivity contribution in [3.63, 3.8) is 0 Å². The van der Waals surface area contributed by atoms with E-state index in [0.29, 0.717) is 5.82 Å². The molecule has 0 aliphatic carbocycles. The third-order valence-electron chi connectivity index (χ3n) is 4.77. The van der Waals surface area contributed by atoms with Gasteiger partial charge in [-0.1, -0.05) is 17.7 Å². The number of aromatic amines is 1. The Labute approximate surface area is 152 Å². The van der Waals surface area contributed by atoms with E-state index in [1.165, 1.54) is 0 Å². The summed E-state index contributed by atoms with van der Waals surface area (Å²) in [5, 5.41) is 7.37. The van der Waals surface area contributed by atoms with Crippen LogP contribution < -0.4 is 0 Å². The largest absolute Gasteiger partial charge is 0.328 e. The molecule has 2 aromatic heterocycles. The summed E-state index contributed by atoms with van der Waals surface area (Å²) in [6.45, 7) is 2.74. The van der Waals surface area contributed by atoms with E-state index in [1.807, 2.05) is 48.2 Å². The number of aromatic nitrogens is 4. The van der Waals surface area contributed by atoms with E-state index in [0.717, 1.165) is 48.3 Å². The lowest BCUT2D eigenvalue weighted by Gasteiger charge is -2.34. The molecule has 0 saturated carbocycles. The summed E-state index contributed by atoms with van der Waals surface area (Å²) >= 11 is 0. The van der Waals surface area contributed by atoms with E-state index < -0.39 is 0 Å². The predicted molar refractivity (Wildman–Crippen MR) is 98.4 cm³/mol. The lowest BCUT2D eigenvalue weighted by molar-refractivity contribution is 0.0600. The number of rotatable bonds is 3. The summed E-state index contributed by atoms with van der Waals surface area (Å²) in [5.74, 6) is 1.41. The zero-order valence-electron chi connectivity index (χ0n) is 14.7. The Morgan fingerprint density at radius 3 is 2.96 bits per heavy atom. The van der Waals surface area contributed by atoms with E-state index in [-0.39, 0.29) is 11.9 Å². The number of piperidine rings is 1. The highest BCUT2D eigenvalue weighted by molar-refractivity contribution is 5.94. The van der Waals surface area contributed by atoms with E-state index in [1.54, 1.807) is 12.4 Å². The minimum Gasteiger partial charge on any atom is -0.328 e. The van der Waals surface area contributed by atoms with Crippen molar-refractivity contribution in [2.45, 2.75) is 32.2 Å². The number of carbonyl (C=O) groups excluding carboxylic acids is 1. The Hall–Kier alpha value is -3.02. The van der Waals surface area contributed by atoms with Crippen molar-refractivity contribution in [2.24, 2.45) is 0 Å². The molecule has 26 heavy (non-hydrogen) atoms. The number of benzene rings is 1. The highest BCUT2D eigenvalue weighted by Crippen LogP contribution is 2.31. The minimum absolute atomic E-state index is 0.0535. The first-order valence-electron chi connectivity index (χ1n) is 8.93. The summed E-state index contributed by atoms with van der Waals surface area (Å²) in [6.07, 6.45) is 6.44. The van der Waals surface area contributed by atoms with E-state index in [4.69, 9.17) is 0 Å². The first kappa shape index (κ1) is 16.4. The van der Waals surface area contributed by atoms with Crippen LogP contribution in [0.2, 0.25) is 0 Å². The first-order valence-corrected chi connectivity index (χ1v) is 8.93. The molecule has 1 aliphatic heterocycles. The maximum atomic E-state index is 13.1. The number of nitrogens with one attached hydrogen (secondary N) is 1. The van der Waals surface area contributed by atoms with E-state index in [2.05, 4.69) is 20.2 Å². The maximum absolute atomic E-state index is 13.1. The monoisotopic (exact) mass is 347 g/mol. The van der Waals surface area contributed by atoms with Crippen molar-refractivity contribution in [1.82, 2.24) is 25.1 Å². The second-order valence-corrected chi connectivity index (χ2v) is 6.67. The van der Waals surface area contributed by atoms with Gasteiger partial charge in [0.25, 0.3) is 5.91 Å². The molecule has 1 N–H and O–H groups in total. The summed E-state index contributed by atoms with van der Waals surface area (Å²) in [4.78, 5) is 23.8. The Morgan fingerprint density at radius 1 is 1.23 bits per heavy atom. The number of hydrogen-bond acceptors (Lipinski definition) is 4. The van der Waals surface area contributed by atoms with Crippen LogP contribution in [-0.2, 0) is 0 Å². The van der Waals surface area contributed by atoms with Crippen molar-refractivity contribution in [3.05, 3.63) is 65.7 Å². The van der Waals surface area contributed by atoms with Crippen LogP contribution in [0.25, 0.3) is 11.4 Å². The van der Waals surface area contributed by atoms with Crippen LogP contribution in [0.5, 0.6) is 0 Å². The van der Waals surface area contributed by atoms with Gasteiger partial charge in [0.15, 0.2) is 5.82 Å². The number of nitrogens with zero attached hydrogens (tertiary/aromatic N) is 4. The normalized spacial score (nSPS) is 17.3. The summed E-state index contributed by atoms with van der Waals surface area (Å²) in [6, 6.07) is 11.5. The SMILES string of the molecule is Cc1cccc(C(=O)N2CCCCC2c2nc(-c3cccnc3)n[nH]2)c1. The van der Waals surface area contributed by atoms with E-state index in [9.17, 15) is 4.79 Å². The average Bonchev–Trinajstić information content (AvgIpc) is 3.18. The van der Waals surface area contributed by atoms with Gasteiger partial charge in [0.05, 0.1) is 6.04 Å². The lowest BCUT2D eigenvalue weighted by Crippen LogP contribution is -2.39. The third kappa shape index (κ3) is 3.22. The molecule has 0 spiro atoms. The second kappa shape index (κ2) is 7.07. The van der Waals surface area contributed by atoms with Gasteiger partial charge < -0.3 is 4.90 Å². The molecular weight excluding hydrogens is 326 g/mol. The Balaban J connectivity index is 1.62. The van der Waals surface area contributed by atoms with Gasteiger partial charge in [0.1, 0.15) is 5.82 Å². The molecule has 6 nitrogen and oxygen atoms in total. The Morgan fingerprint density at radius 2 is 2.15 bits per heavy atom. The van der Waals surface area contributed by atoms with Gasteiger partial charge in [-0.3, -0.25) is 14.9 Å². The number of amides is 1. The molecule has 4 rings (SSSR count). The average molecular weight is 347 g/mol. The van der Waals surface area contributed by atoms with Gasteiger partial charge in [-0.05, 0) is 50.5 Å². The molecule has 1 aliphatic rings. The molecule has 1 amide bonds. The molecule has 0 radical (unpaired) electrons. The summed E-state index contributed by atoms with van der Waals surface area (Å²) < 4.78 is 0. The van der Waals surface area contributed by atoms with Crippen LogP contribution in [-0.4, -0.2) is 37.5 Å². The molecule has 1 unspecified atom stereocenters. The fourth-order valence-corrected chi connectivity index (χ4v) is 3.45. The van der Waals surface area contributed by atoms with Crippen molar-refractivity contribution in [1.29, 1.82) is 0 Å². The standard InChI is InChI=1S/C20H21N5O/c1-14-6-4-7-15(12-14)20(26)25-11-3-2-9-17(25)19-22-18(23-24-19)16-8-5-10-21-13-16/h4-8,10,12-13,17H,2-3,9,11H2,1H3,(H,22,23,24). The van der Waals surface area contributed by atoms with Crippen molar-refractivity contribution < 1.29 is 4.79 Å². The van der Waals surface area contributed by atoms with Crippen molar-refractivity contribution >= 4 is 5.91 Å². The summed E-state index contributed by atoms with van der Waals surface area (Å²) in [7, 11) is 0. The van der Waals surface area contributed by atoms with Gasteiger partial charge in [-0.15, -0.1) is 0 Å². The maximum Gasteiger partial charge on any atom is 0.254 e. The number of carbonyl (C=O) groups is 1. The zero-order valence-corrected chi connectivity index (χ0v) is 14.7. The fourth-order valence-electron chi connectivity index (χ4n) is 3.45. The second-order valence-electron chi connectivity index (χ2n) is 6.67. The highest BCUT2D eigenvalue weighted by atomic mass is 16.2. The van der Waals surface area contributed by atoms with Gasteiger partial charge in [0.2, 0.25) is 0 Å². The summed E-state index contributed by atoms with van der Waals surface area (Å²) in [5.41, 5.74) is 2.68. The van der Waals surface area contributed by atoms with Crippen LogP contribution in [0.4, 0.5) is 0 Å². The van der Waals surface area contributed by atoms with Crippen molar-refractivity contribution in [3.8, 4) is 11.4 Å². The number of likely N-dealkylation sites (tertiary alicyclic amines) is 1. The topological polar surface area (TPSA) is 74.8 Å². The van der Waals surface area contributed by atoms with Gasteiger partial charge in [-0.25, -0.2) is 4.98 Å². The third-order valence-corrected chi connectivity index (χ3v) is 4.77. The zero-order chi connectivity index (χ0) is 17.9. The number of H-pyrrole nitrogens is 1. The van der Waals surface area contributed by atoms with E-state index >= 15 is 0 Å². The molecule has 3 aromatic rings. The number of hydrogen-bond donors (Lipinski definition) is 1. The van der Waals surface area contributed by atoms with Crippen molar-refractivity contribution in [2.75, 3.05) is 6.54 Å². The van der Waals surface area contributed by atoms with Crippen LogP contribution in [0.1, 0.15) is 47.1 Å². The molecule has 3 heterocycles. The smallest absolute Gasteiger partial charge is 0.254 e. The molecule has 132 valence electrons. The molecule has 0 bridgehead atoms. The Kier molecular flexibility index (Phi) is 4.48. The first-order chi connectivity index (χ1) is 12.7. The van der Waals surface area contributed by atoms with Crippen LogP contribution in [0.3, 0.4) is 0 Å². The highest BCUT2D eigenvalue weighted by Gasteiger charge is 2.31. The van der Waals surface area contributed by atoms with Gasteiger partial charge in [0, 0.05) is 30.1 Å². The molecular formula is C20H21N5O. The van der Waals surface area contributed by atoms with Gasteiger partial charge in [-0.2, -0.15) is 5.10 Å². The molecule has 1 aromatic carbocycles. The fraction of sp³-hybridized carbons (Fsp3) is 0.300. The quantitative estimate of drug-likeness (QED) is 0.786. The number of pyridine rings is 1. The molecule has 1 saturated heterocycles. The van der Waals surface area contributed by atoms with Crippen LogP contribution in [0.15, 0.2) is 48.8 Å². The molecule has 1 fully saturated rings. The van der Waals surface area contributed by atoms with Crippen LogP contribution >= 0.6 is 0 Å².